The first-order valence-corrected chi connectivity index (χ1v) is 1.66. The molecule has 0 amide bonds. The fraction of sp³-hybridized carbons (Fsp3) is 0.333. The van der Waals surface area contributed by atoms with Crippen molar-refractivity contribution in [3.05, 3.63) is 10.1 Å². The van der Waals surface area contributed by atoms with Crippen LogP contribution in [0, 0.1) is 22.1 Å². The van der Waals surface area contributed by atoms with Crippen molar-refractivity contribution in [2.75, 3.05) is 0 Å². The van der Waals surface area contributed by atoms with Crippen molar-refractivity contribution in [1.82, 2.24) is 0 Å². The Morgan fingerprint density at radius 2 is 1.89 bits per heavy atom. The molecule has 0 heterocycles. The number of halogens is 3. The van der Waals surface area contributed by atoms with E-state index in [1.54, 1.807) is 0 Å². The lowest BCUT2D eigenvalue weighted by molar-refractivity contribution is -0.379. The van der Waals surface area contributed by atoms with Gasteiger partial charge in [0.2, 0.25) is 0 Å². The number of alkyl halides is 3. The van der Waals surface area contributed by atoms with E-state index in [2.05, 4.69) is 0 Å². The maximum atomic E-state index is 10.9. The summed E-state index contributed by atoms with van der Waals surface area (Å²) in [4.78, 5) is 7.82. The summed E-state index contributed by atoms with van der Waals surface area (Å²) in [6, 6.07) is 0.733. The Morgan fingerprint density at radius 1 is 1.44 bits per heavy atom. The van der Waals surface area contributed by atoms with Crippen molar-refractivity contribution in [2.24, 2.45) is 0 Å². The number of nitro groups is 1. The number of rotatable bonds is 0. The van der Waals surface area contributed by atoms with Gasteiger partial charge in [0.05, 0.1) is 5.92 Å². The number of nitrogens with zero attached hydrogens (tertiary/aromatic N) is 1. The molecule has 0 atom stereocenters. The fourth-order valence-electron chi connectivity index (χ4n) is 0.109. The van der Waals surface area contributed by atoms with Gasteiger partial charge in [0.25, 0.3) is 6.04 Å². The Hall–Kier alpha value is -1.25. The van der Waals surface area contributed by atoms with E-state index in [1.165, 1.54) is 0 Å². The van der Waals surface area contributed by atoms with Gasteiger partial charge in [-0.05, 0) is 0 Å². The van der Waals surface area contributed by atoms with Crippen LogP contribution in [0.2, 0.25) is 0 Å². The van der Waals surface area contributed by atoms with Crippen LogP contribution in [0.5, 0.6) is 0 Å². The summed E-state index contributed by atoms with van der Waals surface area (Å²) in [5.74, 6) is 0.472. The third-order valence-corrected chi connectivity index (χ3v) is 0.289. The highest BCUT2D eigenvalue weighted by Gasteiger charge is 2.24. The molecule has 0 aliphatic heterocycles. The van der Waals surface area contributed by atoms with E-state index in [1.807, 2.05) is 0 Å². The minimum atomic E-state index is -4.77. The molecule has 0 fully saturated rings. The van der Waals surface area contributed by atoms with Crippen LogP contribution >= 0.6 is 0 Å². The van der Waals surface area contributed by atoms with Gasteiger partial charge in [-0.15, -0.1) is 0 Å². The van der Waals surface area contributed by atoms with Crippen LogP contribution in [0.1, 0.15) is 0 Å². The van der Waals surface area contributed by atoms with Crippen LogP contribution in [0.3, 0.4) is 0 Å². The molecule has 0 radical (unpaired) electrons. The van der Waals surface area contributed by atoms with E-state index in [0.717, 1.165) is 6.04 Å². The van der Waals surface area contributed by atoms with Gasteiger partial charge in [0.15, 0.2) is 0 Å². The summed E-state index contributed by atoms with van der Waals surface area (Å²) in [6.45, 7) is 0. The van der Waals surface area contributed by atoms with Crippen molar-refractivity contribution < 1.29 is 18.1 Å². The first-order valence-electron chi connectivity index (χ1n) is 1.66. The summed E-state index contributed by atoms with van der Waals surface area (Å²) in [5, 5.41) is 9.18. The summed E-state index contributed by atoms with van der Waals surface area (Å²) < 4.78 is 32.8. The number of hydrogen-bond donors (Lipinski definition) is 0. The van der Waals surface area contributed by atoms with E-state index in [9.17, 15) is 23.3 Å². The molecule has 0 unspecified atom stereocenters. The normalized spacial score (nSPS) is 9.67. The summed E-state index contributed by atoms with van der Waals surface area (Å²) >= 11 is 0. The summed E-state index contributed by atoms with van der Waals surface area (Å²) in [7, 11) is 0. The molecule has 0 aromatic heterocycles. The molecule has 0 spiro atoms. The molecular formula is C3F3NO2. The van der Waals surface area contributed by atoms with E-state index in [0.29, 0.717) is 5.92 Å². The first kappa shape index (κ1) is 7.75. The monoisotopic (exact) mass is 139 g/mol. The van der Waals surface area contributed by atoms with Crippen LogP contribution in [0.15, 0.2) is 0 Å². The predicted molar refractivity (Wildman–Crippen MR) is 20.8 cm³/mol. The lowest BCUT2D eigenvalue weighted by Crippen LogP contribution is -2.02. The molecule has 0 rings (SSSR count). The largest absolute Gasteiger partial charge is 0.463 e. The maximum absolute atomic E-state index is 10.9. The molecule has 6 heteroatoms. The van der Waals surface area contributed by atoms with Gasteiger partial charge in [-0.2, -0.15) is 13.2 Å². The molecule has 50 valence electrons. The zero-order chi connectivity index (χ0) is 7.49. The Morgan fingerprint density at radius 3 is 2.00 bits per heavy atom. The highest BCUT2D eigenvalue weighted by atomic mass is 19.4. The molecule has 0 saturated carbocycles. The summed E-state index contributed by atoms with van der Waals surface area (Å²) in [5.41, 5.74) is 0. The van der Waals surface area contributed by atoms with E-state index >= 15 is 0 Å². The molecular weight excluding hydrogens is 139 g/mol. The standard InChI is InChI=1S/C3F3NO2/c4-3(5,6)1-2-7(8)9. The molecule has 0 aromatic carbocycles. The van der Waals surface area contributed by atoms with Gasteiger partial charge in [-0.25, -0.2) is 10.1 Å². The van der Waals surface area contributed by atoms with Crippen LogP contribution in [0.4, 0.5) is 13.2 Å². The lowest BCUT2D eigenvalue weighted by Gasteiger charge is -1.87. The highest BCUT2D eigenvalue weighted by molar-refractivity contribution is 4.98. The van der Waals surface area contributed by atoms with Gasteiger partial charge in [-0.3, -0.25) is 0 Å². The lowest BCUT2D eigenvalue weighted by atomic mass is 10.7. The Kier molecular flexibility index (Phi) is 2.02. The fourth-order valence-corrected chi connectivity index (χ4v) is 0.109. The third kappa shape index (κ3) is 6.75. The Labute approximate surface area is 47.6 Å². The first-order chi connectivity index (χ1) is 3.92. The zero-order valence-electron chi connectivity index (χ0n) is 3.90. The van der Waals surface area contributed by atoms with Crippen molar-refractivity contribution in [3.63, 3.8) is 0 Å². The average Bonchev–Trinajstić information content (AvgIpc) is 1.59. The van der Waals surface area contributed by atoms with Gasteiger partial charge in [0, 0.05) is 0 Å². The van der Waals surface area contributed by atoms with Crippen molar-refractivity contribution in [1.29, 1.82) is 0 Å². The SMILES string of the molecule is O=[N+]([O-])C#CC(F)(F)F. The molecule has 0 saturated heterocycles. The van der Waals surface area contributed by atoms with Crippen molar-refractivity contribution in [3.8, 4) is 12.0 Å². The molecule has 0 aliphatic rings. The Balaban J connectivity index is 4.04. The van der Waals surface area contributed by atoms with E-state index < -0.39 is 11.1 Å². The van der Waals surface area contributed by atoms with Gasteiger partial charge in [0.1, 0.15) is 4.92 Å². The molecule has 9 heavy (non-hydrogen) atoms. The van der Waals surface area contributed by atoms with Gasteiger partial charge in [-0.1, -0.05) is 0 Å². The third-order valence-electron chi connectivity index (χ3n) is 0.289. The topological polar surface area (TPSA) is 43.1 Å². The van der Waals surface area contributed by atoms with Crippen LogP contribution in [-0.4, -0.2) is 11.1 Å². The second-order valence-corrected chi connectivity index (χ2v) is 0.992. The zero-order valence-corrected chi connectivity index (χ0v) is 3.90. The average molecular weight is 139 g/mol. The van der Waals surface area contributed by atoms with Gasteiger partial charge < -0.3 is 0 Å². The molecule has 3 nitrogen and oxygen atoms in total. The predicted octanol–water partition coefficient (Wildman–Crippen LogP) is 0.786. The van der Waals surface area contributed by atoms with Crippen LogP contribution < -0.4 is 0 Å². The molecule has 0 N–H and O–H groups in total. The van der Waals surface area contributed by atoms with Crippen LogP contribution in [-0.2, 0) is 0 Å². The maximum Gasteiger partial charge on any atom is 0.463 e. The highest BCUT2D eigenvalue weighted by Crippen LogP contribution is 2.11. The van der Waals surface area contributed by atoms with Crippen molar-refractivity contribution >= 4 is 0 Å². The second-order valence-electron chi connectivity index (χ2n) is 0.992. The second kappa shape index (κ2) is 2.35. The Bertz CT molecular complexity index is 174. The summed E-state index contributed by atoms with van der Waals surface area (Å²) in [6.07, 6.45) is -4.77. The van der Waals surface area contributed by atoms with E-state index in [4.69, 9.17) is 0 Å². The van der Waals surface area contributed by atoms with E-state index in [-0.39, 0.29) is 0 Å². The molecule has 0 bridgehead atoms. The number of hydrogen-bond acceptors (Lipinski definition) is 2. The minimum Gasteiger partial charge on any atom is -0.249 e. The van der Waals surface area contributed by atoms with Crippen molar-refractivity contribution in [2.45, 2.75) is 6.18 Å². The van der Waals surface area contributed by atoms with Crippen LogP contribution in [0.25, 0.3) is 0 Å². The minimum absolute atomic E-state index is 0.472. The molecule has 0 aliphatic carbocycles. The smallest absolute Gasteiger partial charge is 0.249 e. The quantitative estimate of drug-likeness (QED) is 0.215. The van der Waals surface area contributed by atoms with Gasteiger partial charge >= 0.3 is 6.18 Å². The molecule has 0 aromatic rings.